The predicted molar refractivity (Wildman–Crippen MR) is 71.6 cm³/mol. The van der Waals surface area contributed by atoms with Crippen LogP contribution < -0.4 is 5.32 Å². The van der Waals surface area contributed by atoms with Gasteiger partial charge in [0.25, 0.3) is 0 Å². The molecule has 1 N–H and O–H groups in total. The van der Waals surface area contributed by atoms with Gasteiger partial charge in [-0.05, 0) is 30.4 Å². The van der Waals surface area contributed by atoms with Gasteiger partial charge in [-0.25, -0.2) is 0 Å². The topological polar surface area (TPSA) is 32.3 Å². The molecule has 3 rings (SSSR count). The molecule has 1 saturated carbocycles. The molecule has 1 unspecified atom stereocenters. The summed E-state index contributed by atoms with van der Waals surface area (Å²) in [5, 5.41) is 3.07. The third kappa shape index (κ3) is 3.37. The molecule has 3 nitrogen and oxygen atoms in total. The number of alkyl halides is 3. The summed E-state index contributed by atoms with van der Waals surface area (Å²) in [5.74, 6) is -0.427. The molecule has 1 heterocycles. The van der Waals surface area contributed by atoms with Gasteiger partial charge in [0.1, 0.15) is 6.54 Å². The van der Waals surface area contributed by atoms with Crippen molar-refractivity contribution >= 4 is 5.91 Å². The molecule has 6 heteroatoms. The van der Waals surface area contributed by atoms with Crippen LogP contribution in [0, 0.1) is 0 Å². The number of rotatable bonds is 3. The number of nitrogens with zero attached hydrogens (tertiary/aromatic N) is 1. The first-order chi connectivity index (χ1) is 9.94. The maximum Gasteiger partial charge on any atom is 0.406 e. The molecule has 1 aromatic rings. The van der Waals surface area contributed by atoms with Gasteiger partial charge in [0.15, 0.2) is 0 Å². The third-order valence-electron chi connectivity index (χ3n) is 4.00. The fraction of sp³-hybridized carbons (Fsp3) is 0.533. The van der Waals surface area contributed by atoms with Crippen LogP contribution >= 0.6 is 0 Å². The van der Waals surface area contributed by atoms with E-state index >= 15 is 0 Å². The number of fused-ring (bicyclic) bond motifs is 1. The minimum absolute atomic E-state index is 0.238. The lowest BCUT2D eigenvalue weighted by Crippen LogP contribution is -2.52. The van der Waals surface area contributed by atoms with Gasteiger partial charge < -0.3 is 10.2 Å². The summed E-state index contributed by atoms with van der Waals surface area (Å²) in [5.41, 5.74) is 2.15. The van der Waals surface area contributed by atoms with Gasteiger partial charge in [-0.1, -0.05) is 24.3 Å². The highest BCUT2D eigenvalue weighted by atomic mass is 19.4. The zero-order valence-corrected chi connectivity index (χ0v) is 11.5. The van der Waals surface area contributed by atoms with E-state index < -0.39 is 24.7 Å². The van der Waals surface area contributed by atoms with Crippen molar-refractivity contribution in [3.05, 3.63) is 35.4 Å². The van der Waals surface area contributed by atoms with E-state index in [0.29, 0.717) is 25.8 Å². The second-order valence-electron chi connectivity index (χ2n) is 5.72. The van der Waals surface area contributed by atoms with E-state index in [1.165, 1.54) is 0 Å². The van der Waals surface area contributed by atoms with Crippen LogP contribution in [0.15, 0.2) is 24.3 Å². The Labute approximate surface area is 121 Å². The van der Waals surface area contributed by atoms with Gasteiger partial charge in [0.2, 0.25) is 5.91 Å². The number of carbonyl (C=O) groups is 1. The van der Waals surface area contributed by atoms with Crippen LogP contribution in [0.5, 0.6) is 0 Å². The molecule has 114 valence electrons. The van der Waals surface area contributed by atoms with Gasteiger partial charge in [-0.3, -0.25) is 4.79 Å². The summed E-state index contributed by atoms with van der Waals surface area (Å²) in [4.78, 5) is 13.4. The molecule has 0 radical (unpaired) electrons. The summed E-state index contributed by atoms with van der Waals surface area (Å²) in [7, 11) is 0. The second-order valence-corrected chi connectivity index (χ2v) is 5.72. The minimum Gasteiger partial charge on any atom is -0.329 e. The van der Waals surface area contributed by atoms with Crippen LogP contribution in [0.4, 0.5) is 13.2 Å². The molecule has 1 amide bonds. The maximum atomic E-state index is 12.6. The maximum absolute atomic E-state index is 12.6. The average molecular weight is 298 g/mol. The fourth-order valence-electron chi connectivity index (χ4n) is 2.80. The molecular weight excluding hydrogens is 281 g/mol. The van der Waals surface area contributed by atoms with Crippen molar-refractivity contribution in [3.8, 4) is 0 Å². The normalized spacial score (nSPS) is 21.8. The highest BCUT2D eigenvalue weighted by molar-refractivity contribution is 5.83. The van der Waals surface area contributed by atoms with Crippen molar-refractivity contribution < 1.29 is 18.0 Å². The largest absolute Gasteiger partial charge is 0.406 e. The number of hydrogen-bond acceptors (Lipinski definition) is 2. The Hall–Kier alpha value is -1.56. The van der Waals surface area contributed by atoms with E-state index in [4.69, 9.17) is 0 Å². The first-order valence-corrected chi connectivity index (χ1v) is 7.11. The number of halogens is 3. The molecule has 1 aromatic carbocycles. The summed E-state index contributed by atoms with van der Waals surface area (Å²) >= 11 is 0. The number of nitrogens with one attached hydrogen (secondary N) is 1. The first-order valence-electron chi connectivity index (χ1n) is 7.11. The number of amides is 1. The monoisotopic (exact) mass is 298 g/mol. The molecule has 0 bridgehead atoms. The molecule has 1 atom stereocenters. The number of carbonyl (C=O) groups excluding carboxylic acids is 1. The summed E-state index contributed by atoms with van der Waals surface area (Å²) in [6, 6.07) is 6.92. The van der Waals surface area contributed by atoms with E-state index in [-0.39, 0.29) is 6.04 Å². The molecule has 2 aliphatic rings. The Kier molecular flexibility index (Phi) is 3.65. The van der Waals surface area contributed by atoms with E-state index in [2.05, 4.69) is 5.32 Å². The molecule has 21 heavy (non-hydrogen) atoms. The van der Waals surface area contributed by atoms with Gasteiger partial charge in [0, 0.05) is 12.6 Å². The molecule has 1 aliphatic carbocycles. The Balaban J connectivity index is 1.72. The first kappa shape index (κ1) is 14.4. The molecule has 1 fully saturated rings. The Bertz CT molecular complexity index is 540. The fourth-order valence-corrected chi connectivity index (χ4v) is 2.80. The molecule has 0 saturated heterocycles. The van der Waals surface area contributed by atoms with Crippen molar-refractivity contribution in [3.63, 3.8) is 0 Å². The van der Waals surface area contributed by atoms with Gasteiger partial charge in [-0.2, -0.15) is 13.2 Å². The second kappa shape index (κ2) is 5.33. The lowest BCUT2D eigenvalue weighted by atomic mass is 9.95. The van der Waals surface area contributed by atoms with Crippen molar-refractivity contribution in [2.75, 3.05) is 6.54 Å². The van der Waals surface area contributed by atoms with Crippen LogP contribution in [0.2, 0.25) is 0 Å². The van der Waals surface area contributed by atoms with Crippen molar-refractivity contribution in [1.29, 1.82) is 0 Å². The van der Waals surface area contributed by atoms with E-state index in [9.17, 15) is 18.0 Å². The van der Waals surface area contributed by atoms with Crippen molar-refractivity contribution in [2.45, 2.75) is 44.1 Å². The van der Waals surface area contributed by atoms with Crippen LogP contribution in [0.3, 0.4) is 0 Å². The smallest absolute Gasteiger partial charge is 0.329 e. The summed E-state index contributed by atoms with van der Waals surface area (Å²) in [6.45, 7) is -0.618. The SMILES string of the molecule is O=C(C1Cc2ccccc2CN1)N(CC(F)(F)F)C1CC1. The lowest BCUT2D eigenvalue weighted by Gasteiger charge is -2.31. The number of hydrogen-bond donors (Lipinski definition) is 1. The lowest BCUT2D eigenvalue weighted by molar-refractivity contribution is -0.163. The van der Waals surface area contributed by atoms with Crippen molar-refractivity contribution in [1.82, 2.24) is 10.2 Å². The summed E-state index contributed by atoms with van der Waals surface area (Å²) < 4.78 is 37.9. The van der Waals surface area contributed by atoms with Crippen LogP contribution in [0.25, 0.3) is 0 Å². The third-order valence-corrected chi connectivity index (χ3v) is 4.00. The standard InChI is InChI=1S/C15H17F3N2O/c16-15(17,18)9-20(12-5-6-12)14(21)13-7-10-3-1-2-4-11(10)8-19-13/h1-4,12-13,19H,5-9H2. The average Bonchev–Trinajstić information content (AvgIpc) is 3.27. The van der Waals surface area contributed by atoms with E-state index in [1.54, 1.807) is 0 Å². The van der Waals surface area contributed by atoms with E-state index in [0.717, 1.165) is 16.0 Å². The quantitative estimate of drug-likeness (QED) is 0.928. The molecule has 0 aromatic heterocycles. The van der Waals surface area contributed by atoms with Gasteiger partial charge in [-0.15, -0.1) is 0 Å². The minimum atomic E-state index is -4.34. The molecule has 1 aliphatic heterocycles. The van der Waals surface area contributed by atoms with Gasteiger partial charge in [0.05, 0.1) is 6.04 Å². The highest BCUT2D eigenvalue weighted by Gasteiger charge is 2.42. The molecule has 0 spiro atoms. The number of benzene rings is 1. The van der Waals surface area contributed by atoms with Crippen LogP contribution in [0.1, 0.15) is 24.0 Å². The zero-order chi connectivity index (χ0) is 15.0. The van der Waals surface area contributed by atoms with Crippen LogP contribution in [-0.4, -0.2) is 35.6 Å². The Morgan fingerprint density at radius 1 is 1.24 bits per heavy atom. The predicted octanol–water partition coefficient (Wildman–Crippen LogP) is 2.25. The summed E-state index contributed by atoms with van der Waals surface area (Å²) in [6.07, 6.45) is -2.54. The zero-order valence-electron chi connectivity index (χ0n) is 11.5. The van der Waals surface area contributed by atoms with E-state index in [1.807, 2.05) is 24.3 Å². The van der Waals surface area contributed by atoms with Crippen LogP contribution in [-0.2, 0) is 17.8 Å². The van der Waals surface area contributed by atoms with Gasteiger partial charge >= 0.3 is 6.18 Å². The Morgan fingerprint density at radius 2 is 1.90 bits per heavy atom. The Morgan fingerprint density at radius 3 is 2.52 bits per heavy atom. The van der Waals surface area contributed by atoms with Crippen molar-refractivity contribution in [2.24, 2.45) is 0 Å². The molecular formula is C15H17F3N2O. The highest BCUT2D eigenvalue weighted by Crippen LogP contribution is 2.31.